The molecule has 1 rings (SSSR count). The van der Waals surface area contributed by atoms with Crippen LogP contribution in [0.5, 0.6) is 0 Å². The molecule has 0 aliphatic heterocycles. The van der Waals surface area contributed by atoms with Crippen LogP contribution in [-0.2, 0) is 10.0 Å². The van der Waals surface area contributed by atoms with Gasteiger partial charge in [-0.2, -0.15) is 4.31 Å². The van der Waals surface area contributed by atoms with Gasteiger partial charge in [-0.1, -0.05) is 6.92 Å². The van der Waals surface area contributed by atoms with Gasteiger partial charge in [0.1, 0.15) is 0 Å². The van der Waals surface area contributed by atoms with Crippen LogP contribution in [0.2, 0.25) is 0 Å². The molecule has 0 atom stereocenters. The Labute approximate surface area is 102 Å². The predicted molar refractivity (Wildman–Crippen MR) is 64.1 cm³/mol. The molecule has 0 aliphatic carbocycles. The summed E-state index contributed by atoms with van der Waals surface area (Å²) in [5.74, 6) is 0. The minimum atomic E-state index is -3.58. The van der Waals surface area contributed by atoms with Crippen LogP contribution >= 0.6 is 0 Å². The third kappa shape index (κ3) is 3.05. The van der Waals surface area contributed by atoms with Gasteiger partial charge >= 0.3 is 0 Å². The van der Waals surface area contributed by atoms with Gasteiger partial charge < -0.3 is 9.67 Å². The number of imidazole rings is 1. The summed E-state index contributed by atoms with van der Waals surface area (Å²) >= 11 is 0. The first-order chi connectivity index (χ1) is 7.93. The van der Waals surface area contributed by atoms with E-state index in [0.29, 0.717) is 6.54 Å². The van der Waals surface area contributed by atoms with Crippen molar-refractivity contribution in [1.29, 1.82) is 0 Å². The van der Waals surface area contributed by atoms with E-state index in [0.717, 1.165) is 0 Å². The lowest BCUT2D eigenvalue weighted by Gasteiger charge is -2.17. The molecule has 1 N–H and O–H groups in total. The fraction of sp³-hybridized carbons (Fsp3) is 0.700. The van der Waals surface area contributed by atoms with E-state index in [9.17, 15) is 8.42 Å². The molecule has 0 bridgehead atoms. The molecule has 0 amide bonds. The SMILES string of the molecule is CCN(CCO)S(=O)(=O)c1cn(C(C)C)cn1. The first-order valence-corrected chi connectivity index (χ1v) is 7.02. The highest BCUT2D eigenvalue weighted by molar-refractivity contribution is 7.89. The summed E-state index contributed by atoms with van der Waals surface area (Å²) in [5.41, 5.74) is 0. The lowest BCUT2D eigenvalue weighted by Crippen LogP contribution is -2.33. The average molecular weight is 261 g/mol. The zero-order valence-corrected chi connectivity index (χ0v) is 11.2. The molecular weight excluding hydrogens is 242 g/mol. The van der Waals surface area contributed by atoms with Crippen LogP contribution in [0.4, 0.5) is 0 Å². The van der Waals surface area contributed by atoms with Crippen LogP contribution in [0, 0.1) is 0 Å². The predicted octanol–water partition coefficient (Wildman–Crippen LogP) is 0.467. The zero-order chi connectivity index (χ0) is 13.1. The highest BCUT2D eigenvalue weighted by Crippen LogP contribution is 2.15. The fourth-order valence-electron chi connectivity index (χ4n) is 1.43. The van der Waals surface area contributed by atoms with Crippen molar-refractivity contribution in [3.63, 3.8) is 0 Å². The third-order valence-electron chi connectivity index (χ3n) is 2.48. The number of likely N-dealkylation sites (N-methyl/N-ethyl adjacent to an activating group) is 1. The van der Waals surface area contributed by atoms with Crippen LogP contribution in [0.25, 0.3) is 0 Å². The Hall–Kier alpha value is -0.920. The Morgan fingerprint density at radius 1 is 1.53 bits per heavy atom. The van der Waals surface area contributed by atoms with Gasteiger partial charge in [-0.05, 0) is 13.8 Å². The lowest BCUT2D eigenvalue weighted by molar-refractivity contribution is 0.257. The van der Waals surface area contributed by atoms with E-state index in [1.54, 1.807) is 11.5 Å². The summed E-state index contributed by atoms with van der Waals surface area (Å²) < 4.78 is 27.2. The molecule has 0 saturated carbocycles. The standard InChI is InChI=1S/C10H19N3O3S/c1-4-13(5-6-14)17(15,16)10-7-12(8-11-10)9(2)3/h7-9,14H,4-6H2,1-3H3. The number of hydrogen-bond donors (Lipinski definition) is 1. The van der Waals surface area contributed by atoms with E-state index in [1.807, 2.05) is 13.8 Å². The van der Waals surface area contributed by atoms with E-state index in [2.05, 4.69) is 4.98 Å². The molecule has 1 heterocycles. The Balaban J connectivity index is 3.03. The van der Waals surface area contributed by atoms with Crippen molar-refractivity contribution in [2.24, 2.45) is 0 Å². The molecular formula is C10H19N3O3S. The maximum absolute atomic E-state index is 12.1. The van der Waals surface area contributed by atoms with E-state index < -0.39 is 10.0 Å². The number of aromatic nitrogens is 2. The highest BCUT2D eigenvalue weighted by atomic mass is 32.2. The van der Waals surface area contributed by atoms with Gasteiger partial charge in [-0.15, -0.1) is 0 Å². The molecule has 7 heteroatoms. The number of nitrogens with zero attached hydrogens (tertiary/aromatic N) is 3. The topological polar surface area (TPSA) is 75.4 Å². The molecule has 0 spiro atoms. The monoisotopic (exact) mass is 261 g/mol. The Morgan fingerprint density at radius 2 is 2.18 bits per heavy atom. The molecule has 1 aromatic heterocycles. The van der Waals surface area contributed by atoms with E-state index in [-0.39, 0.29) is 24.2 Å². The van der Waals surface area contributed by atoms with Crippen LogP contribution in [-0.4, -0.2) is 47.1 Å². The number of sulfonamides is 1. The summed E-state index contributed by atoms with van der Waals surface area (Å²) in [7, 11) is -3.58. The Morgan fingerprint density at radius 3 is 2.59 bits per heavy atom. The first-order valence-electron chi connectivity index (χ1n) is 5.58. The van der Waals surface area contributed by atoms with Gasteiger partial charge in [0.05, 0.1) is 12.9 Å². The first kappa shape index (κ1) is 14.1. The highest BCUT2D eigenvalue weighted by Gasteiger charge is 2.25. The number of rotatable bonds is 6. The Kier molecular flexibility index (Phi) is 4.67. The minimum Gasteiger partial charge on any atom is -0.395 e. The van der Waals surface area contributed by atoms with Crippen molar-refractivity contribution in [2.45, 2.75) is 31.8 Å². The normalized spacial score (nSPS) is 12.6. The number of aliphatic hydroxyl groups is 1. The van der Waals surface area contributed by atoms with Crippen molar-refractivity contribution in [2.75, 3.05) is 19.7 Å². The summed E-state index contributed by atoms with van der Waals surface area (Å²) in [6.45, 7) is 5.84. The second-order valence-corrected chi connectivity index (χ2v) is 5.86. The van der Waals surface area contributed by atoms with Gasteiger partial charge in [0.2, 0.25) is 0 Å². The fourth-order valence-corrected chi connectivity index (χ4v) is 2.79. The molecule has 17 heavy (non-hydrogen) atoms. The third-order valence-corrected chi connectivity index (χ3v) is 4.34. The molecule has 0 aliphatic rings. The van der Waals surface area contributed by atoms with E-state index in [1.165, 1.54) is 16.8 Å². The lowest BCUT2D eigenvalue weighted by atomic mass is 10.4. The molecule has 0 unspecified atom stereocenters. The second kappa shape index (κ2) is 5.61. The molecule has 0 saturated heterocycles. The molecule has 98 valence electrons. The van der Waals surface area contributed by atoms with Crippen LogP contribution in [0.1, 0.15) is 26.8 Å². The molecule has 0 radical (unpaired) electrons. The van der Waals surface area contributed by atoms with Crippen molar-refractivity contribution in [3.8, 4) is 0 Å². The van der Waals surface area contributed by atoms with Crippen LogP contribution < -0.4 is 0 Å². The maximum atomic E-state index is 12.1. The molecule has 0 aromatic carbocycles. The van der Waals surface area contributed by atoms with Gasteiger partial charge in [-0.25, -0.2) is 13.4 Å². The van der Waals surface area contributed by atoms with Gasteiger partial charge in [0, 0.05) is 25.3 Å². The largest absolute Gasteiger partial charge is 0.395 e. The van der Waals surface area contributed by atoms with Crippen LogP contribution in [0.3, 0.4) is 0 Å². The summed E-state index contributed by atoms with van der Waals surface area (Å²) in [6.07, 6.45) is 3.02. The molecule has 1 aromatic rings. The van der Waals surface area contributed by atoms with Crippen LogP contribution in [0.15, 0.2) is 17.6 Å². The second-order valence-electron chi connectivity index (χ2n) is 3.97. The molecule has 0 fully saturated rings. The van der Waals surface area contributed by atoms with Crippen molar-refractivity contribution in [3.05, 3.63) is 12.5 Å². The zero-order valence-electron chi connectivity index (χ0n) is 10.4. The quantitative estimate of drug-likeness (QED) is 0.807. The molecule has 6 nitrogen and oxygen atoms in total. The maximum Gasteiger partial charge on any atom is 0.262 e. The summed E-state index contributed by atoms with van der Waals surface area (Å²) in [4.78, 5) is 3.91. The van der Waals surface area contributed by atoms with Crippen molar-refractivity contribution in [1.82, 2.24) is 13.9 Å². The van der Waals surface area contributed by atoms with E-state index in [4.69, 9.17) is 5.11 Å². The average Bonchev–Trinajstić information content (AvgIpc) is 2.75. The summed E-state index contributed by atoms with van der Waals surface area (Å²) in [6, 6.07) is 0.166. The van der Waals surface area contributed by atoms with Gasteiger partial charge in [0.25, 0.3) is 10.0 Å². The minimum absolute atomic E-state index is 0.0292. The summed E-state index contributed by atoms with van der Waals surface area (Å²) in [5, 5.41) is 8.87. The number of aliphatic hydroxyl groups excluding tert-OH is 1. The van der Waals surface area contributed by atoms with Crippen molar-refractivity contribution >= 4 is 10.0 Å². The number of hydrogen-bond acceptors (Lipinski definition) is 4. The van der Waals surface area contributed by atoms with Gasteiger partial charge in [-0.3, -0.25) is 0 Å². The smallest absolute Gasteiger partial charge is 0.262 e. The van der Waals surface area contributed by atoms with E-state index >= 15 is 0 Å². The van der Waals surface area contributed by atoms with Gasteiger partial charge in [0.15, 0.2) is 5.03 Å². The Bertz CT molecular complexity index is 453. The van der Waals surface area contributed by atoms with Crippen molar-refractivity contribution < 1.29 is 13.5 Å².